The molecule has 1 heterocycles. The van der Waals surface area contributed by atoms with Crippen LogP contribution < -0.4 is 5.32 Å². The summed E-state index contributed by atoms with van der Waals surface area (Å²) in [5.41, 5.74) is -0.133. The van der Waals surface area contributed by atoms with Gasteiger partial charge in [-0.25, -0.2) is 9.97 Å². The zero-order chi connectivity index (χ0) is 14.5. The van der Waals surface area contributed by atoms with Gasteiger partial charge >= 0.3 is 5.97 Å². The van der Waals surface area contributed by atoms with Crippen LogP contribution in [0.5, 0.6) is 0 Å². The van der Waals surface area contributed by atoms with Crippen LogP contribution in [-0.4, -0.2) is 35.3 Å². The number of rotatable bonds is 5. The van der Waals surface area contributed by atoms with Crippen molar-refractivity contribution < 1.29 is 9.53 Å². The molecular weight excluding hydrogens is 262 g/mol. The molecule has 1 rings (SSSR count). The molecule has 0 fully saturated rings. The molecule has 0 aliphatic rings. The second kappa shape index (κ2) is 6.75. The summed E-state index contributed by atoms with van der Waals surface area (Å²) in [6.45, 7) is 8.99. The Morgan fingerprint density at radius 3 is 2.63 bits per heavy atom. The molecule has 0 saturated heterocycles. The normalized spacial score (nSPS) is 11.2. The minimum Gasteiger partial charge on any atom is -0.468 e. The average Bonchev–Trinajstić information content (AvgIpc) is 2.35. The van der Waals surface area contributed by atoms with Gasteiger partial charge in [0.15, 0.2) is 0 Å². The fraction of sp³-hybridized carbons (Fsp3) is 0.615. The van der Waals surface area contributed by atoms with Crippen molar-refractivity contribution in [2.24, 2.45) is 0 Å². The third-order valence-electron chi connectivity index (χ3n) is 2.30. The molecule has 0 unspecified atom stereocenters. The highest BCUT2D eigenvalue weighted by atomic mass is 32.2. The van der Waals surface area contributed by atoms with Gasteiger partial charge in [-0.2, -0.15) is 0 Å². The van der Waals surface area contributed by atoms with E-state index in [1.165, 1.54) is 18.9 Å². The summed E-state index contributed by atoms with van der Waals surface area (Å²) in [6, 6.07) is 1.85. The molecule has 1 aromatic rings. The Hall–Kier alpha value is -1.30. The molecule has 1 N–H and O–H groups in total. The van der Waals surface area contributed by atoms with Gasteiger partial charge in [0.25, 0.3) is 0 Å². The van der Waals surface area contributed by atoms with E-state index in [0.29, 0.717) is 0 Å². The minimum absolute atomic E-state index is 0.133. The van der Waals surface area contributed by atoms with Crippen LogP contribution in [0, 0.1) is 0 Å². The summed E-state index contributed by atoms with van der Waals surface area (Å²) in [5, 5.41) is 3.96. The number of hydrogen-bond acceptors (Lipinski definition) is 6. The third kappa shape index (κ3) is 5.06. The Kier molecular flexibility index (Phi) is 5.60. The predicted octanol–water partition coefficient (Wildman–Crippen LogP) is 2.47. The molecule has 1 aromatic heterocycles. The van der Waals surface area contributed by atoms with Crippen LogP contribution >= 0.6 is 11.8 Å². The molecule has 0 radical (unpaired) electrons. The van der Waals surface area contributed by atoms with Gasteiger partial charge in [0.05, 0.1) is 12.9 Å². The largest absolute Gasteiger partial charge is 0.468 e. The van der Waals surface area contributed by atoms with Crippen LogP contribution in [0.4, 0.5) is 5.82 Å². The first-order valence-corrected chi connectivity index (χ1v) is 7.18. The fourth-order valence-electron chi connectivity index (χ4n) is 1.30. The molecule has 19 heavy (non-hydrogen) atoms. The first-order chi connectivity index (χ1) is 8.86. The van der Waals surface area contributed by atoms with Crippen LogP contribution in [0.2, 0.25) is 0 Å². The van der Waals surface area contributed by atoms with Crippen molar-refractivity contribution in [1.82, 2.24) is 9.97 Å². The highest BCUT2D eigenvalue weighted by Gasteiger charge is 2.19. The monoisotopic (exact) mass is 283 g/mol. The van der Waals surface area contributed by atoms with E-state index in [2.05, 4.69) is 40.8 Å². The lowest BCUT2D eigenvalue weighted by atomic mass is 9.96. The summed E-state index contributed by atoms with van der Waals surface area (Å²) in [7, 11) is 1.38. The maximum atomic E-state index is 11.2. The molecule has 0 aromatic carbocycles. The first kappa shape index (κ1) is 15.8. The molecule has 0 aliphatic heterocycles. The Morgan fingerprint density at radius 1 is 1.42 bits per heavy atom. The number of nitrogens with zero attached hydrogens (tertiary/aromatic N) is 2. The van der Waals surface area contributed by atoms with E-state index in [1.54, 1.807) is 0 Å². The second-order valence-electron chi connectivity index (χ2n) is 5.06. The van der Waals surface area contributed by atoms with Gasteiger partial charge in [0.2, 0.25) is 0 Å². The number of methoxy groups -OCH3 is 1. The minimum atomic E-state index is -0.258. The second-order valence-corrected chi connectivity index (χ2v) is 6.06. The molecule has 0 aliphatic carbocycles. The van der Waals surface area contributed by atoms with Gasteiger partial charge in [-0.3, -0.25) is 4.79 Å². The summed E-state index contributed by atoms with van der Waals surface area (Å²) >= 11 is 1.36. The Bertz CT molecular complexity index is 444. The molecule has 0 saturated carbocycles. The van der Waals surface area contributed by atoms with Crippen LogP contribution in [0.1, 0.15) is 33.5 Å². The Morgan fingerprint density at radius 2 is 2.11 bits per heavy atom. The molecule has 5 nitrogen and oxygen atoms in total. The van der Waals surface area contributed by atoms with Crippen molar-refractivity contribution in [2.45, 2.75) is 38.1 Å². The predicted molar refractivity (Wildman–Crippen MR) is 77.6 cm³/mol. The summed E-state index contributed by atoms with van der Waals surface area (Å²) in [6.07, 6.45) is 0. The lowest BCUT2D eigenvalue weighted by molar-refractivity contribution is -0.137. The number of hydrogen-bond donors (Lipinski definition) is 1. The zero-order valence-electron chi connectivity index (χ0n) is 12.1. The first-order valence-electron chi connectivity index (χ1n) is 6.20. The standard InChI is InChI=1S/C13H21N3O2S/c1-6-14-9-7-10(19-8-11(17)18-5)16-12(15-9)13(2,3)4/h7H,6,8H2,1-5H3,(H,14,15,16). The highest BCUT2D eigenvalue weighted by molar-refractivity contribution is 7.99. The van der Waals surface area contributed by atoms with Crippen molar-refractivity contribution in [3.63, 3.8) is 0 Å². The number of anilines is 1. The lowest BCUT2D eigenvalue weighted by Crippen LogP contribution is -2.18. The van der Waals surface area contributed by atoms with E-state index in [-0.39, 0.29) is 17.1 Å². The van der Waals surface area contributed by atoms with E-state index < -0.39 is 0 Å². The number of carbonyl (C=O) groups excluding carboxylic acids is 1. The van der Waals surface area contributed by atoms with Crippen molar-refractivity contribution in [1.29, 1.82) is 0 Å². The van der Waals surface area contributed by atoms with Gasteiger partial charge in [0, 0.05) is 18.0 Å². The molecular formula is C13H21N3O2S. The van der Waals surface area contributed by atoms with E-state index in [0.717, 1.165) is 23.2 Å². The molecule has 0 bridgehead atoms. The fourth-order valence-corrected chi connectivity index (χ4v) is 2.03. The number of thioether (sulfide) groups is 1. The third-order valence-corrected chi connectivity index (χ3v) is 3.18. The van der Waals surface area contributed by atoms with E-state index in [9.17, 15) is 4.79 Å². The van der Waals surface area contributed by atoms with E-state index in [4.69, 9.17) is 0 Å². The molecule has 0 spiro atoms. The van der Waals surface area contributed by atoms with Crippen LogP contribution in [0.3, 0.4) is 0 Å². The van der Waals surface area contributed by atoms with Crippen LogP contribution in [0.15, 0.2) is 11.1 Å². The van der Waals surface area contributed by atoms with E-state index >= 15 is 0 Å². The maximum absolute atomic E-state index is 11.2. The topological polar surface area (TPSA) is 64.1 Å². The molecule has 0 atom stereocenters. The quantitative estimate of drug-likeness (QED) is 0.509. The average molecular weight is 283 g/mol. The van der Waals surface area contributed by atoms with Crippen molar-refractivity contribution in [2.75, 3.05) is 24.7 Å². The highest BCUT2D eigenvalue weighted by Crippen LogP contribution is 2.25. The van der Waals surface area contributed by atoms with Gasteiger partial charge in [-0.05, 0) is 6.92 Å². The smallest absolute Gasteiger partial charge is 0.316 e. The summed E-state index contributed by atoms with van der Waals surface area (Å²) in [5.74, 6) is 1.54. The number of esters is 1. The van der Waals surface area contributed by atoms with E-state index in [1.807, 2.05) is 13.0 Å². The molecule has 0 amide bonds. The number of aromatic nitrogens is 2. The van der Waals surface area contributed by atoms with Crippen LogP contribution in [0.25, 0.3) is 0 Å². The number of nitrogens with one attached hydrogen (secondary N) is 1. The van der Waals surface area contributed by atoms with Crippen molar-refractivity contribution >= 4 is 23.5 Å². The van der Waals surface area contributed by atoms with Crippen molar-refractivity contribution in [3.8, 4) is 0 Å². The Balaban J connectivity index is 2.96. The molecule has 106 valence electrons. The number of carbonyl (C=O) groups is 1. The van der Waals surface area contributed by atoms with Crippen molar-refractivity contribution in [3.05, 3.63) is 11.9 Å². The van der Waals surface area contributed by atoms with Gasteiger partial charge < -0.3 is 10.1 Å². The van der Waals surface area contributed by atoms with Gasteiger partial charge in [0.1, 0.15) is 16.7 Å². The SMILES string of the molecule is CCNc1cc(SCC(=O)OC)nc(C(C)(C)C)n1. The molecule has 6 heteroatoms. The lowest BCUT2D eigenvalue weighted by Gasteiger charge is -2.18. The maximum Gasteiger partial charge on any atom is 0.316 e. The Labute approximate surface area is 118 Å². The van der Waals surface area contributed by atoms with Gasteiger partial charge in [-0.1, -0.05) is 32.5 Å². The zero-order valence-corrected chi connectivity index (χ0v) is 12.9. The van der Waals surface area contributed by atoms with Gasteiger partial charge in [-0.15, -0.1) is 0 Å². The summed E-state index contributed by atoms with van der Waals surface area (Å²) < 4.78 is 4.63. The summed E-state index contributed by atoms with van der Waals surface area (Å²) in [4.78, 5) is 20.2. The van der Waals surface area contributed by atoms with Crippen LogP contribution in [-0.2, 0) is 14.9 Å². The number of ether oxygens (including phenoxy) is 1.